The third-order valence-electron chi connectivity index (χ3n) is 3.09. The Morgan fingerprint density at radius 1 is 1.53 bits per heavy atom. The monoisotopic (exact) mass is 238 g/mol. The third-order valence-corrected chi connectivity index (χ3v) is 3.09. The van der Waals surface area contributed by atoms with Crippen molar-refractivity contribution in [2.24, 2.45) is 0 Å². The Bertz CT molecular complexity index is 384. The van der Waals surface area contributed by atoms with Crippen LogP contribution in [0.15, 0.2) is 18.2 Å². The van der Waals surface area contributed by atoms with E-state index in [0.717, 1.165) is 37.5 Å². The average molecular weight is 238 g/mol. The summed E-state index contributed by atoms with van der Waals surface area (Å²) in [5, 5.41) is 3.39. The van der Waals surface area contributed by atoms with Gasteiger partial charge in [0.25, 0.3) is 0 Å². The second kappa shape index (κ2) is 5.47. The lowest BCUT2D eigenvalue weighted by atomic mass is 10.1. The van der Waals surface area contributed by atoms with Crippen molar-refractivity contribution in [3.63, 3.8) is 0 Å². The summed E-state index contributed by atoms with van der Waals surface area (Å²) in [5.74, 6) is 0.557. The van der Waals surface area contributed by atoms with E-state index in [9.17, 15) is 4.39 Å². The SMILES string of the molecule is COc1ccc(F)cc1CN1CCN[C@@H](C)C1. The summed E-state index contributed by atoms with van der Waals surface area (Å²) < 4.78 is 18.5. The maximum Gasteiger partial charge on any atom is 0.123 e. The minimum atomic E-state index is -0.205. The van der Waals surface area contributed by atoms with Gasteiger partial charge in [-0.1, -0.05) is 0 Å². The van der Waals surface area contributed by atoms with Crippen LogP contribution in [0.5, 0.6) is 5.75 Å². The summed E-state index contributed by atoms with van der Waals surface area (Å²) in [7, 11) is 1.62. The maximum absolute atomic E-state index is 13.2. The number of hydrogen-bond acceptors (Lipinski definition) is 3. The molecule has 0 aromatic heterocycles. The van der Waals surface area contributed by atoms with Gasteiger partial charge in [-0.3, -0.25) is 4.90 Å². The fraction of sp³-hybridized carbons (Fsp3) is 0.538. The number of halogens is 1. The Morgan fingerprint density at radius 2 is 2.35 bits per heavy atom. The van der Waals surface area contributed by atoms with E-state index in [4.69, 9.17) is 4.74 Å². The maximum atomic E-state index is 13.2. The van der Waals surface area contributed by atoms with Crippen LogP contribution in [0.25, 0.3) is 0 Å². The molecule has 94 valence electrons. The van der Waals surface area contributed by atoms with Crippen molar-refractivity contribution in [3.05, 3.63) is 29.6 Å². The zero-order valence-electron chi connectivity index (χ0n) is 10.4. The van der Waals surface area contributed by atoms with E-state index in [1.54, 1.807) is 19.2 Å². The number of ether oxygens (including phenoxy) is 1. The van der Waals surface area contributed by atoms with Crippen LogP contribution >= 0.6 is 0 Å². The lowest BCUT2D eigenvalue weighted by Crippen LogP contribution is -2.48. The molecule has 0 amide bonds. The van der Waals surface area contributed by atoms with Gasteiger partial charge < -0.3 is 10.1 Å². The van der Waals surface area contributed by atoms with Crippen LogP contribution in [0.4, 0.5) is 4.39 Å². The molecule has 17 heavy (non-hydrogen) atoms. The van der Waals surface area contributed by atoms with Gasteiger partial charge in [-0.05, 0) is 25.1 Å². The van der Waals surface area contributed by atoms with Crippen LogP contribution in [-0.2, 0) is 6.54 Å². The molecular formula is C13H19FN2O. The van der Waals surface area contributed by atoms with Gasteiger partial charge in [0.2, 0.25) is 0 Å². The predicted molar refractivity (Wildman–Crippen MR) is 65.7 cm³/mol. The Labute approximate surface area is 102 Å². The molecule has 2 rings (SSSR count). The Hall–Kier alpha value is -1.13. The molecule has 1 aromatic rings. The van der Waals surface area contributed by atoms with Crippen LogP contribution in [0.1, 0.15) is 12.5 Å². The number of rotatable bonds is 3. The minimum Gasteiger partial charge on any atom is -0.496 e. The van der Waals surface area contributed by atoms with Crippen molar-refractivity contribution < 1.29 is 9.13 Å². The fourth-order valence-corrected chi connectivity index (χ4v) is 2.27. The molecule has 1 aliphatic heterocycles. The van der Waals surface area contributed by atoms with Crippen LogP contribution in [-0.4, -0.2) is 37.7 Å². The molecule has 0 saturated carbocycles. The van der Waals surface area contributed by atoms with E-state index in [-0.39, 0.29) is 5.82 Å². The highest BCUT2D eigenvalue weighted by molar-refractivity contribution is 5.33. The first-order chi connectivity index (χ1) is 8.19. The molecule has 0 unspecified atom stereocenters. The summed E-state index contributed by atoms with van der Waals surface area (Å²) in [6.07, 6.45) is 0. The van der Waals surface area contributed by atoms with Crippen LogP contribution < -0.4 is 10.1 Å². The van der Waals surface area contributed by atoms with Gasteiger partial charge in [-0.25, -0.2) is 4.39 Å². The zero-order valence-corrected chi connectivity index (χ0v) is 10.4. The van der Waals surface area contributed by atoms with Gasteiger partial charge >= 0.3 is 0 Å². The van der Waals surface area contributed by atoms with Gasteiger partial charge in [0.05, 0.1) is 7.11 Å². The minimum absolute atomic E-state index is 0.205. The van der Waals surface area contributed by atoms with E-state index < -0.39 is 0 Å². The molecule has 0 bridgehead atoms. The molecule has 0 aliphatic carbocycles. The van der Waals surface area contributed by atoms with Crippen LogP contribution in [0.3, 0.4) is 0 Å². The van der Waals surface area contributed by atoms with E-state index in [1.807, 2.05) is 0 Å². The Morgan fingerprint density at radius 3 is 3.06 bits per heavy atom. The van der Waals surface area contributed by atoms with Gasteiger partial charge in [0.1, 0.15) is 11.6 Å². The first kappa shape index (κ1) is 12.3. The topological polar surface area (TPSA) is 24.5 Å². The highest BCUT2D eigenvalue weighted by Gasteiger charge is 2.17. The lowest BCUT2D eigenvalue weighted by Gasteiger charge is -2.32. The molecule has 0 spiro atoms. The van der Waals surface area contributed by atoms with Gasteiger partial charge in [-0.2, -0.15) is 0 Å². The number of piperazine rings is 1. The molecule has 1 N–H and O–H groups in total. The van der Waals surface area contributed by atoms with E-state index >= 15 is 0 Å². The zero-order chi connectivity index (χ0) is 12.3. The second-order valence-corrected chi connectivity index (χ2v) is 4.55. The first-order valence-electron chi connectivity index (χ1n) is 5.97. The Kier molecular flexibility index (Phi) is 3.97. The van der Waals surface area contributed by atoms with Crippen molar-refractivity contribution in [1.29, 1.82) is 0 Å². The van der Waals surface area contributed by atoms with Crippen molar-refractivity contribution in [3.8, 4) is 5.75 Å². The van der Waals surface area contributed by atoms with E-state index in [2.05, 4.69) is 17.1 Å². The standard InChI is InChI=1S/C13H19FN2O/c1-10-8-16(6-5-15-10)9-11-7-12(14)3-4-13(11)17-2/h3-4,7,10,15H,5-6,8-9H2,1-2H3/t10-/m0/s1. The number of nitrogens with one attached hydrogen (secondary N) is 1. The number of nitrogens with zero attached hydrogens (tertiary/aromatic N) is 1. The normalized spacial score (nSPS) is 21.5. The van der Waals surface area contributed by atoms with E-state index in [0.29, 0.717) is 6.04 Å². The highest BCUT2D eigenvalue weighted by Crippen LogP contribution is 2.21. The summed E-state index contributed by atoms with van der Waals surface area (Å²) in [6, 6.07) is 5.17. The smallest absolute Gasteiger partial charge is 0.123 e. The lowest BCUT2D eigenvalue weighted by molar-refractivity contribution is 0.197. The summed E-state index contributed by atoms with van der Waals surface area (Å²) in [6.45, 7) is 5.87. The molecular weight excluding hydrogens is 219 g/mol. The fourth-order valence-electron chi connectivity index (χ4n) is 2.27. The van der Waals surface area contributed by atoms with Crippen molar-refractivity contribution in [2.75, 3.05) is 26.7 Å². The molecule has 1 heterocycles. The number of methoxy groups -OCH3 is 1. The molecule has 3 nitrogen and oxygen atoms in total. The summed E-state index contributed by atoms with van der Waals surface area (Å²) in [4.78, 5) is 2.32. The molecule has 4 heteroatoms. The van der Waals surface area contributed by atoms with E-state index in [1.165, 1.54) is 6.07 Å². The molecule has 1 aromatic carbocycles. The summed E-state index contributed by atoms with van der Waals surface area (Å²) in [5.41, 5.74) is 0.918. The summed E-state index contributed by atoms with van der Waals surface area (Å²) >= 11 is 0. The van der Waals surface area contributed by atoms with Crippen molar-refractivity contribution in [2.45, 2.75) is 19.5 Å². The first-order valence-corrected chi connectivity index (χ1v) is 5.97. The van der Waals surface area contributed by atoms with Gasteiger partial charge in [0, 0.05) is 37.8 Å². The molecule has 1 saturated heterocycles. The van der Waals surface area contributed by atoms with Crippen LogP contribution in [0, 0.1) is 5.82 Å². The molecule has 1 aliphatic rings. The van der Waals surface area contributed by atoms with Gasteiger partial charge in [-0.15, -0.1) is 0 Å². The highest BCUT2D eigenvalue weighted by atomic mass is 19.1. The molecule has 1 fully saturated rings. The van der Waals surface area contributed by atoms with Crippen LogP contribution in [0.2, 0.25) is 0 Å². The van der Waals surface area contributed by atoms with Crippen molar-refractivity contribution in [1.82, 2.24) is 10.2 Å². The Balaban J connectivity index is 2.08. The molecule has 1 atom stereocenters. The third kappa shape index (κ3) is 3.17. The van der Waals surface area contributed by atoms with Crippen molar-refractivity contribution >= 4 is 0 Å². The average Bonchev–Trinajstić information content (AvgIpc) is 2.29. The number of hydrogen-bond donors (Lipinski definition) is 1. The molecule has 0 radical (unpaired) electrons. The van der Waals surface area contributed by atoms with Gasteiger partial charge in [0.15, 0.2) is 0 Å². The quantitative estimate of drug-likeness (QED) is 0.866. The number of benzene rings is 1. The predicted octanol–water partition coefficient (Wildman–Crippen LogP) is 1.63. The second-order valence-electron chi connectivity index (χ2n) is 4.55. The largest absolute Gasteiger partial charge is 0.496 e.